The van der Waals surface area contributed by atoms with E-state index in [9.17, 15) is 4.79 Å². The van der Waals surface area contributed by atoms with Crippen molar-refractivity contribution in [1.29, 1.82) is 10.5 Å². The van der Waals surface area contributed by atoms with E-state index < -0.39 is 0 Å². The number of nitrogens with zero attached hydrogens (tertiary/aromatic N) is 2. The van der Waals surface area contributed by atoms with E-state index in [1.807, 2.05) is 19.1 Å². The van der Waals surface area contributed by atoms with Gasteiger partial charge in [-0.3, -0.25) is 4.79 Å². The van der Waals surface area contributed by atoms with Gasteiger partial charge in [0.2, 0.25) is 0 Å². The molecular formula is C17H12N2O2. The van der Waals surface area contributed by atoms with Gasteiger partial charge in [-0.2, -0.15) is 10.5 Å². The molecule has 0 fully saturated rings. The van der Waals surface area contributed by atoms with Gasteiger partial charge in [-0.05, 0) is 48.9 Å². The van der Waals surface area contributed by atoms with Gasteiger partial charge in [0.15, 0.2) is 12.4 Å². The van der Waals surface area contributed by atoms with Crippen LogP contribution in [0.1, 0.15) is 27.0 Å². The first-order chi connectivity index (χ1) is 10.1. The Bertz CT molecular complexity index is 750. The molecule has 0 heterocycles. The fourth-order valence-corrected chi connectivity index (χ4v) is 1.78. The van der Waals surface area contributed by atoms with Crippen molar-refractivity contribution in [2.75, 3.05) is 6.61 Å². The number of benzene rings is 2. The van der Waals surface area contributed by atoms with Gasteiger partial charge in [-0.15, -0.1) is 0 Å². The number of hydrogen-bond acceptors (Lipinski definition) is 4. The molecule has 0 amide bonds. The molecule has 0 aromatic heterocycles. The van der Waals surface area contributed by atoms with Crippen LogP contribution in [0, 0.1) is 29.6 Å². The van der Waals surface area contributed by atoms with Crippen LogP contribution >= 0.6 is 0 Å². The highest BCUT2D eigenvalue weighted by atomic mass is 16.5. The van der Waals surface area contributed by atoms with Gasteiger partial charge in [0.1, 0.15) is 5.75 Å². The maximum Gasteiger partial charge on any atom is 0.200 e. The first-order valence-electron chi connectivity index (χ1n) is 6.31. The lowest BCUT2D eigenvalue weighted by atomic mass is 10.1. The molecule has 4 nitrogen and oxygen atoms in total. The number of aryl methyl sites for hydroxylation is 1. The van der Waals surface area contributed by atoms with Crippen molar-refractivity contribution >= 4 is 5.78 Å². The van der Waals surface area contributed by atoms with Gasteiger partial charge >= 0.3 is 0 Å². The van der Waals surface area contributed by atoms with E-state index in [2.05, 4.69) is 0 Å². The van der Waals surface area contributed by atoms with E-state index in [0.717, 1.165) is 5.56 Å². The Hall–Kier alpha value is -3.11. The third-order valence-corrected chi connectivity index (χ3v) is 3.01. The maximum atomic E-state index is 12.0. The van der Waals surface area contributed by atoms with Crippen LogP contribution in [0.15, 0.2) is 42.5 Å². The van der Waals surface area contributed by atoms with Gasteiger partial charge in [-0.1, -0.05) is 6.07 Å². The van der Waals surface area contributed by atoms with Crippen molar-refractivity contribution in [3.63, 3.8) is 0 Å². The third kappa shape index (κ3) is 3.46. The molecule has 0 aliphatic heterocycles. The van der Waals surface area contributed by atoms with Gasteiger partial charge < -0.3 is 4.74 Å². The highest BCUT2D eigenvalue weighted by Gasteiger charge is 2.08. The first-order valence-corrected chi connectivity index (χ1v) is 6.31. The summed E-state index contributed by atoms with van der Waals surface area (Å²) < 4.78 is 5.49. The van der Waals surface area contributed by atoms with Crippen molar-refractivity contribution in [2.24, 2.45) is 0 Å². The number of carbonyl (C=O) groups is 1. The van der Waals surface area contributed by atoms with E-state index in [4.69, 9.17) is 15.3 Å². The van der Waals surface area contributed by atoms with Gasteiger partial charge in [-0.25, -0.2) is 0 Å². The summed E-state index contributed by atoms with van der Waals surface area (Å²) in [4.78, 5) is 12.0. The highest BCUT2D eigenvalue weighted by molar-refractivity contribution is 5.97. The summed E-state index contributed by atoms with van der Waals surface area (Å²) in [7, 11) is 0. The summed E-state index contributed by atoms with van der Waals surface area (Å²) in [6.45, 7) is 1.74. The fourth-order valence-electron chi connectivity index (χ4n) is 1.78. The smallest absolute Gasteiger partial charge is 0.200 e. The number of carbonyl (C=O) groups excluding carboxylic acids is 1. The highest BCUT2D eigenvalue weighted by Crippen LogP contribution is 2.19. The van der Waals surface area contributed by atoms with E-state index in [-0.39, 0.29) is 12.4 Å². The second-order valence-electron chi connectivity index (χ2n) is 4.49. The minimum atomic E-state index is -0.179. The predicted octanol–water partition coefficient (Wildman–Crippen LogP) is 3.00. The van der Waals surface area contributed by atoms with Crippen LogP contribution in [0.25, 0.3) is 0 Å². The molecule has 0 saturated carbocycles. The van der Waals surface area contributed by atoms with E-state index in [0.29, 0.717) is 22.4 Å². The largest absolute Gasteiger partial charge is 0.485 e. The summed E-state index contributed by atoms with van der Waals surface area (Å²) in [5.41, 5.74) is 2.34. The van der Waals surface area contributed by atoms with E-state index >= 15 is 0 Å². The summed E-state index contributed by atoms with van der Waals surface area (Å²) in [5.74, 6) is 0.345. The molecular weight excluding hydrogens is 264 g/mol. The molecule has 0 aliphatic carbocycles. The van der Waals surface area contributed by atoms with Crippen LogP contribution in [0.4, 0.5) is 0 Å². The van der Waals surface area contributed by atoms with Crippen molar-refractivity contribution in [2.45, 2.75) is 6.92 Å². The Morgan fingerprint density at radius 2 is 1.67 bits per heavy atom. The first kappa shape index (κ1) is 14.3. The van der Waals surface area contributed by atoms with Crippen molar-refractivity contribution < 1.29 is 9.53 Å². The number of ketones is 1. The van der Waals surface area contributed by atoms with Gasteiger partial charge in [0, 0.05) is 5.56 Å². The van der Waals surface area contributed by atoms with Crippen LogP contribution in [0.2, 0.25) is 0 Å². The molecule has 2 rings (SSSR count). The zero-order chi connectivity index (χ0) is 15.2. The lowest BCUT2D eigenvalue weighted by Gasteiger charge is -2.08. The van der Waals surface area contributed by atoms with Crippen molar-refractivity contribution in [1.82, 2.24) is 0 Å². The van der Waals surface area contributed by atoms with Crippen molar-refractivity contribution in [3.8, 4) is 17.9 Å². The van der Waals surface area contributed by atoms with Crippen LogP contribution in [0.3, 0.4) is 0 Å². The summed E-state index contributed by atoms with van der Waals surface area (Å²) >= 11 is 0. The lowest BCUT2D eigenvalue weighted by Crippen LogP contribution is -2.12. The molecule has 0 unspecified atom stereocenters. The molecule has 0 N–H and O–H groups in total. The number of ether oxygens (including phenoxy) is 1. The number of hydrogen-bond donors (Lipinski definition) is 0. The molecule has 0 saturated heterocycles. The average Bonchev–Trinajstić information content (AvgIpc) is 2.54. The second kappa shape index (κ2) is 6.36. The van der Waals surface area contributed by atoms with Gasteiger partial charge in [0.05, 0.1) is 23.3 Å². The topological polar surface area (TPSA) is 73.9 Å². The number of Topliss-reactive ketones (excluding diaryl/α,β-unsaturated/α-hetero) is 1. The minimum Gasteiger partial charge on any atom is -0.485 e. The molecule has 21 heavy (non-hydrogen) atoms. The Balaban J connectivity index is 2.07. The minimum absolute atomic E-state index is 0.110. The molecule has 0 radical (unpaired) electrons. The quantitative estimate of drug-likeness (QED) is 0.804. The average molecular weight is 276 g/mol. The Morgan fingerprint density at radius 1 is 1.05 bits per heavy atom. The molecule has 2 aromatic carbocycles. The summed E-state index contributed by atoms with van der Waals surface area (Å²) in [6, 6.07) is 15.5. The maximum absolute atomic E-state index is 12.0. The predicted molar refractivity (Wildman–Crippen MR) is 76.9 cm³/mol. The fraction of sp³-hybridized carbons (Fsp3) is 0.118. The monoisotopic (exact) mass is 276 g/mol. The number of nitriles is 2. The third-order valence-electron chi connectivity index (χ3n) is 3.01. The number of rotatable bonds is 4. The molecule has 4 heteroatoms. The molecule has 0 aliphatic rings. The molecule has 2 aromatic rings. The lowest BCUT2D eigenvalue weighted by molar-refractivity contribution is 0.0921. The van der Waals surface area contributed by atoms with E-state index in [1.165, 1.54) is 0 Å². The Kier molecular flexibility index (Phi) is 4.33. The molecule has 0 atom stereocenters. The van der Waals surface area contributed by atoms with Crippen LogP contribution in [-0.2, 0) is 0 Å². The van der Waals surface area contributed by atoms with Crippen molar-refractivity contribution in [3.05, 3.63) is 64.7 Å². The van der Waals surface area contributed by atoms with Gasteiger partial charge in [0.25, 0.3) is 0 Å². The van der Waals surface area contributed by atoms with Crippen LogP contribution in [0.5, 0.6) is 5.75 Å². The normalized spacial score (nSPS) is 9.48. The Labute approximate surface area is 122 Å². The molecule has 102 valence electrons. The zero-order valence-corrected chi connectivity index (χ0v) is 11.5. The second-order valence-corrected chi connectivity index (χ2v) is 4.49. The summed E-state index contributed by atoms with van der Waals surface area (Å²) in [6.07, 6.45) is 0. The zero-order valence-electron chi connectivity index (χ0n) is 11.5. The van der Waals surface area contributed by atoms with E-state index in [1.54, 1.807) is 42.5 Å². The summed E-state index contributed by atoms with van der Waals surface area (Å²) in [5, 5.41) is 17.6. The van der Waals surface area contributed by atoms with Crippen LogP contribution < -0.4 is 4.74 Å². The van der Waals surface area contributed by atoms with Crippen LogP contribution in [-0.4, -0.2) is 12.4 Å². The molecule has 0 bridgehead atoms. The molecule has 0 spiro atoms. The Morgan fingerprint density at radius 3 is 2.29 bits per heavy atom. The SMILES string of the molecule is Cc1ccc(C#N)cc1OCC(=O)c1ccc(C#N)cc1. The standard InChI is InChI=1S/C17H12N2O2/c1-12-2-3-14(10-19)8-17(12)21-11-16(20)15-6-4-13(9-18)5-7-15/h2-8H,11H2,1H3.